The van der Waals surface area contributed by atoms with Crippen LogP contribution < -0.4 is 10.1 Å². The van der Waals surface area contributed by atoms with Crippen molar-refractivity contribution < 1.29 is 18.8 Å². The first-order valence-electron chi connectivity index (χ1n) is 9.04. The topological polar surface area (TPSA) is 86.5 Å². The Morgan fingerprint density at radius 1 is 1.32 bits per heavy atom. The summed E-state index contributed by atoms with van der Waals surface area (Å²) in [4.78, 5) is 18.0. The lowest BCUT2D eigenvalue weighted by Gasteiger charge is -2.34. The van der Waals surface area contributed by atoms with E-state index in [4.69, 9.17) is 14.0 Å². The van der Waals surface area contributed by atoms with Crippen LogP contribution in [0.2, 0.25) is 0 Å². The number of carbonyl (C=O) groups is 1. The molecular formula is C20H21N3O4S. The number of nitrogens with one attached hydrogen (secondary N) is 1. The largest absolute Gasteiger partial charge is 0.485 e. The fourth-order valence-corrected chi connectivity index (χ4v) is 4.18. The number of rotatable bonds is 6. The summed E-state index contributed by atoms with van der Waals surface area (Å²) in [6, 6.07) is 9.04. The Morgan fingerprint density at radius 2 is 2.14 bits per heavy atom. The standard InChI is InChI=1S/C20H21N3O4S/c1-13-22-18(23-27-13)11-25-15-5-3-14(4-6-15)19(24)21-12-20(2)16-8-10-28-17(16)7-9-26-20/h3-6,8,10H,7,9,11-12H2,1-2H3,(H,21,24). The lowest BCUT2D eigenvalue weighted by atomic mass is 9.93. The van der Waals surface area contributed by atoms with Crippen LogP contribution in [-0.4, -0.2) is 29.2 Å². The van der Waals surface area contributed by atoms with Crippen LogP contribution >= 0.6 is 11.3 Å². The molecule has 1 N–H and O–H groups in total. The summed E-state index contributed by atoms with van der Waals surface area (Å²) in [6.07, 6.45) is 0.932. The fraction of sp³-hybridized carbons (Fsp3) is 0.350. The molecule has 0 fully saturated rings. The van der Waals surface area contributed by atoms with E-state index in [1.54, 1.807) is 42.5 Å². The van der Waals surface area contributed by atoms with Crippen molar-refractivity contribution in [3.05, 3.63) is 63.4 Å². The molecule has 3 heterocycles. The smallest absolute Gasteiger partial charge is 0.251 e. The second-order valence-corrected chi connectivity index (χ2v) is 7.81. The summed E-state index contributed by atoms with van der Waals surface area (Å²) >= 11 is 1.74. The Hall–Kier alpha value is -2.71. The molecule has 8 heteroatoms. The molecule has 0 saturated carbocycles. The van der Waals surface area contributed by atoms with Gasteiger partial charge in [-0.05, 0) is 48.2 Å². The normalized spacial score (nSPS) is 18.5. The Labute approximate surface area is 166 Å². The van der Waals surface area contributed by atoms with Crippen molar-refractivity contribution >= 4 is 17.2 Å². The Morgan fingerprint density at radius 3 is 2.89 bits per heavy atom. The van der Waals surface area contributed by atoms with Gasteiger partial charge in [-0.15, -0.1) is 11.3 Å². The zero-order valence-corrected chi connectivity index (χ0v) is 16.5. The Balaban J connectivity index is 1.34. The molecule has 0 radical (unpaired) electrons. The van der Waals surface area contributed by atoms with E-state index in [2.05, 4.69) is 26.9 Å². The molecule has 1 aromatic carbocycles. The Bertz CT molecular complexity index is 966. The van der Waals surface area contributed by atoms with Gasteiger partial charge in [-0.1, -0.05) is 5.16 Å². The molecule has 7 nitrogen and oxygen atoms in total. The van der Waals surface area contributed by atoms with Gasteiger partial charge < -0.3 is 19.3 Å². The number of amides is 1. The van der Waals surface area contributed by atoms with Gasteiger partial charge in [0.2, 0.25) is 11.7 Å². The van der Waals surface area contributed by atoms with Crippen LogP contribution in [-0.2, 0) is 23.4 Å². The lowest BCUT2D eigenvalue weighted by Crippen LogP contribution is -2.43. The van der Waals surface area contributed by atoms with Crippen molar-refractivity contribution in [1.29, 1.82) is 0 Å². The van der Waals surface area contributed by atoms with Crippen molar-refractivity contribution in [1.82, 2.24) is 15.5 Å². The number of carbonyl (C=O) groups excluding carboxylic acids is 1. The number of nitrogens with zero attached hydrogens (tertiary/aromatic N) is 2. The third kappa shape index (κ3) is 3.93. The predicted octanol–water partition coefficient (Wildman–Crippen LogP) is 3.24. The second-order valence-electron chi connectivity index (χ2n) is 6.81. The summed E-state index contributed by atoms with van der Waals surface area (Å²) in [5.41, 5.74) is 1.24. The van der Waals surface area contributed by atoms with Gasteiger partial charge in [0, 0.05) is 23.8 Å². The highest BCUT2D eigenvalue weighted by molar-refractivity contribution is 7.10. The molecule has 28 heavy (non-hydrogen) atoms. The first-order chi connectivity index (χ1) is 13.5. The van der Waals surface area contributed by atoms with Crippen molar-refractivity contribution in [3.63, 3.8) is 0 Å². The zero-order valence-electron chi connectivity index (χ0n) is 15.7. The molecule has 0 aliphatic carbocycles. The monoisotopic (exact) mass is 399 g/mol. The third-order valence-corrected chi connectivity index (χ3v) is 5.69. The molecule has 4 rings (SSSR count). The van der Waals surface area contributed by atoms with Gasteiger partial charge in [-0.3, -0.25) is 4.79 Å². The molecular weight excluding hydrogens is 378 g/mol. The van der Waals surface area contributed by atoms with Gasteiger partial charge in [0.1, 0.15) is 11.4 Å². The number of hydrogen-bond acceptors (Lipinski definition) is 7. The highest BCUT2D eigenvalue weighted by atomic mass is 32.1. The van der Waals surface area contributed by atoms with E-state index in [1.807, 2.05) is 6.92 Å². The minimum absolute atomic E-state index is 0.146. The molecule has 0 bridgehead atoms. The van der Waals surface area contributed by atoms with E-state index in [1.165, 1.54) is 10.4 Å². The molecule has 146 valence electrons. The van der Waals surface area contributed by atoms with Crippen molar-refractivity contribution in [2.45, 2.75) is 32.5 Å². The van der Waals surface area contributed by atoms with Crippen molar-refractivity contribution in [3.8, 4) is 5.75 Å². The molecule has 0 spiro atoms. The zero-order chi connectivity index (χ0) is 19.6. The van der Waals surface area contributed by atoms with E-state index in [9.17, 15) is 4.79 Å². The number of aromatic nitrogens is 2. The van der Waals surface area contributed by atoms with Gasteiger partial charge >= 0.3 is 0 Å². The molecule has 1 unspecified atom stereocenters. The summed E-state index contributed by atoms with van der Waals surface area (Å²) < 4.78 is 16.5. The van der Waals surface area contributed by atoms with Crippen LogP contribution in [0.25, 0.3) is 0 Å². The summed E-state index contributed by atoms with van der Waals surface area (Å²) in [5.74, 6) is 1.46. The van der Waals surface area contributed by atoms with Crippen LogP contribution in [0, 0.1) is 6.92 Å². The molecule has 1 aliphatic heterocycles. The molecule has 1 amide bonds. The van der Waals surface area contributed by atoms with Crippen LogP contribution in [0.3, 0.4) is 0 Å². The average molecular weight is 399 g/mol. The Kier molecular flexibility index (Phi) is 5.15. The van der Waals surface area contributed by atoms with Crippen LogP contribution in [0.15, 0.2) is 40.2 Å². The third-order valence-electron chi connectivity index (χ3n) is 4.71. The van der Waals surface area contributed by atoms with Gasteiger partial charge in [-0.25, -0.2) is 0 Å². The van der Waals surface area contributed by atoms with Gasteiger partial charge in [0.15, 0.2) is 6.61 Å². The molecule has 1 atom stereocenters. The summed E-state index contributed by atoms with van der Waals surface area (Å²) in [7, 11) is 0. The number of hydrogen-bond donors (Lipinski definition) is 1. The van der Waals surface area contributed by atoms with E-state index in [0.717, 1.165) is 6.42 Å². The maximum atomic E-state index is 12.5. The quantitative estimate of drug-likeness (QED) is 0.685. The minimum Gasteiger partial charge on any atom is -0.485 e. The van der Waals surface area contributed by atoms with Crippen LogP contribution in [0.4, 0.5) is 0 Å². The van der Waals surface area contributed by atoms with Gasteiger partial charge in [0.25, 0.3) is 5.91 Å². The van der Waals surface area contributed by atoms with Crippen LogP contribution in [0.5, 0.6) is 5.75 Å². The summed E-state index contributed by atoms with van der Waals surface area (Å²) in [5, 5.41) is 8.84. The lowest BCUT2D eigenvalue weighted by molar-refractivity contribution is -0.0425. The van der Waals surface area contributed by atoms with E-state index < -0.39 is 5.60 Å². The van der Waals surface area contributed by atoms with E-state index >= 15 is 0 Å². The predicted molar refractivity (Wildman–Crippen MR) is 103 cm³/mol. The summed E-state index contributed by atoms with van der Waals surface area (Å²) in [6.45, 7) is 5.05. The molecule has 3 aromatic rings. The number of ether oxygens (including phenoxy) is 2. The minimum atomic E-state index is -0.491. The second kappa shape index (κ2) is 7.73. The van der Waals surface area contributed by atoms with Gasteiger partial charge in [-0.2, -0.15) is 4.98 Å². The van der Waals surface area contributed by atoms with E-state index in [0.29, 0.717) is 36.2 Å². The SMILES string of the molecule is Cc1nc(COc2ccc(C(=O)NCC3(C)OCCc4sccc43)cc2)no1. The highest BCUT2D eigenvalue weighted by Crippen LogP contribution is 2.35. The first kappa shape index (κ1) is 18.6. The molecule has 0 saturated heterocycles. The number of aryl methyl sites for hydroxylation is 1. The number of benzene rings is 1. The van der Waals surface area contributed by atoms with Crippen LogP contribution in [0.1, 0.15) is 39.4 Å². The van der Waals surface area contributed by atoms with Gasteiger partial charge in [0.05, 0.1) is 13.2 Å². The number of fused-ring (bicyclic) bond motifs is 1. The van der Waals surface area contributed by atoms with E-state index in [-0.39, 0.29) is 12.5 Å². The van der Waals surface area contributed by atoms with Crippen molar-refractivity contribution in [2.75, 3.05) is 13.2 Å². The maximum absolute atomic E-state index is 12.5. The number of thiophene rings is 1. The highest BCUT2D eigenvalue weighted by Gasteiger charge is 2.34. The average Bonchev–Trinajstić information content (AvgIpc) is 3.35. The fourth-order valence-electron chi connectivity index (χ4n) is 3.20. The first-order valence-corrected chi connectivity index (χ1v) is 9.92. The molecule has 1 aliphatic rings. The maximum Gasteiger partial charge on any atom is 0.251 e. The van der Waals surface area contributed by atoms with Crippen molar-refractivity contribution in [2.24, 2.45) is 0 Å². The molecule has 2 aromatic heterocycles.